The van der Waals surface area contributed by atoms with E-state index in [-0.39, 0.29) is 11.3 Å². The Balaban J connectivity index is 1.97. The predicted octanol–water partition coefficient (Wildman–Crippen LogP) is 1.68. The highest BCUT2D eigenvalue weighted by Gasteiger charge is 2.65. The standard InChI is InChI=1S/C21H22N2O7S/c1-29-19(25)21(13-24)12-16-15-10-6-7-11-17(15)23(18(16)22(21)20(26)30-2)31(27,28)14-8-4-3-5-9-14/h3-11,16,18,24H,12-13H2,1-2H3/t16-,18+,21-/m0/s1. The highest BCUT2D eigenvalue weighted by Crippen LogP contribution is 2.55. The maximum absolute atomic E-state index is 13.7. The molecular weight excluding hydrogens is 424 g/mol. The van der Waals surface area contributed by atoms with Crippen molar-refractivity contribution in [3.8, 4) is 0 Å². The lowest BCUT2D eigenvalue weighted by atomic mass is 9.89. The number of rotatable bonds is 4. The van der Waals surface area contributed by atoms with Crippen LogP contribution in [-0.2, 0) is 24.3 Å². The first kappa shape index (κ1) is 21.1. The summed E-state index contributed by atoms with van der Waals surface area (Å²) in [7, 11) is -1.84. The van der Waals surface area contributed by atoms with Crippen molar-refractivity contribution in [1.82, 2.24) is 4.90 Å². The Morgan fingerprint density at radius 2 is 1.71 bits per heavy atom. The summed E-state index contributed by atoms with van der Waals surface area (Å²) in [5.74, 6) is -1.41. The molecule has 9 nitrogen and oxygen atoms in total. The molecule has 2 aliphatic heterocycles. The van der Waals surface area contributed by atoms with Gasteiger partial charge in [0.05, 0.1) is 31.4 Å². The van der Waals surface area contributed by atoms with Crippen molar-refractivity contribution >= 4 is 27.8 Å². The zero-order valence-corrected chi connectivity index (χ0v) is 17.8. The van der Waals surface area contributed by atoms with Crippen LogP contribution in [0.4, 0.5) is 10.5 Å². The SMILES string of the molecule is COC(=O)N1[C@H]2[C@@H](C[C@]1(CO)C(=O)OC)c1ccccc1N2S(=O)(=O)c1ccccc1. The molecule has 3 atom stereocenters. The third-order valence-corrected chi connectivity index (χ3v) is 7.75. The molecule has 2 aliphatic rings. The van der Waals surface area contributed by atoms with Gasteiger partial charge in [-0.2, -0.15) is 0 Å². The number of carbonyl (C=O) groups is 2. The number of sulfonamides is 1. The predicted molar refractivity (Wildman–Crippen MR) is 110 cm³/mol. The Kier molecular flexibility index (Phi) is 5.14. The molecule has 0 aromatic heterocycles. The average Bonchev–Trinajstić information content (AvgIpc) is 3.30. The van der Waals surface area contributed by atoms with Gasteiger partial charge in [-0.3, -0.25) is 4.90 Å². The summed E-state index contributed by atoms with van der Waals surface area (Å²) in [5, 5.41) is 10.2. The highest BCUT2D eigenvalue weighted by atomic mass is 32.2. The molecule has 1 N–H and O–H groups in total. The fraction of sp³-hybridized carbons (Fsp3) is 0.333. The minimum absolute atomic E-state index is 0.0201. The lowest BCUT2D eigenvalue weighted by Crippen LogP contribution is -2.62. The van der Waals surface area contributed by atoms with Gasteiger partial charge in [-0.1, -0.05) is 36.4 Å². The van der Waals surface area contributed by atoms with E-state index in [1.165, 1.54) is 12.1 Å². The third kappa shape index (κ3) is 2.89. The number of benzene rings is 2. The number of carbonyl (C=O) groups excluding carboxylic acids is 2. The third-order valence-electron chi connectivity index (χ3n) is 5.96. The Morgan fingerprint density at radius 3 is 2.32 bits per heavy atom. The number of esters is 1. The summed E-state index contributed by atoms with van der Waals surface area (Å²) in [6, 6.07) is 14.7. The van der Waals surface area contributed by atoms with Gasteiger partial charge < -0.3 is 14.6 Å². The van der Waals surface area contributed by atoms with Crippen molar-refractivity contribution in [2.45, 2.75) is 28.9 Å². The molecule has 164 valence electrons. The van der Waals surface area contributed by atoms with Gasteiger partial charge in [0.1, 0.15) is 6.17 Å². The van der Waals surface area contributed by atoms with Crippen molar-refractivity contribution in [2.24, 2.45) is 0 Å². The molecular formula is C21H22N2O7S. The van der Waals surface area contributed by atoms with Crippen molar-refractivity contribution in [3.05, 3.63) is 60.2 Å². The second kappa shape index (κ2) is 7.54. The molecule has 10 heteroatoms. The molecule has 0 bridgehead atoms. The van der Waals surface area contributed by atoms with E-state index in [4.69, 9.17) is 9.47 Å². The fourth-order valence-corrected chi connectivity index (χ4v) is 6.30. The smallest absolute Gasteiger partial charge is 0.412 e. The fourth-order valence-electron chi connectivity index (χ4n) is 4.62. The number of fused-ring (bicyclic) bond motifs is 3. The topological polar surface area (TPSA) is 113 Å². The van der Waals surface area contributed by atoms with E-state index in [0.29, 0.717) is 11.3 Å². The zero-order chi connectivity index (χ0) is 22.4. The molecule has 1 fully saturated rings. The Morgan fingerprint density at radius 1 is 1.06 bits per heavy atom. The van der Waals surface area contributed by atoms with E-state index in [0.717, 1.165) is 23.4 Å². The molecule has 31 heavy (non-hydrogen) atoms. The van der Waals surface area contributed by atoms with Crippen LogP contribution >= 0.6 is 0 Å². The molecule has 2 aromatic rings. The number of methoxy groups -OCH3 is 2. The highest BCUT2D eigenvalue weighted by molar-refractivity contribution is 7.92. The molecule has 2 aromatic carbocycles. The van der Waals surface area contributed by atoms with E-state index >= 15 is 0 Å². The van der Waals surface area contributed by atoms with Gasteiger partial charge >= 0.3 is 12.1 Å². The van der Waals surface area contributed by atoms with Gasteiger partial charge in [0, 0.05) is 5.92 Å². The number of hydrogen-bond donors (Lipinski definition) is 1. The average molecular weight is 446 g/mol. The van der Waals surface area contributed by atoms with E-state index in [1.54, 1.807) is 42.5 Å². The van der Waals surface area contributed by atoms with Gasteiger partial charge in [0.25, 0.3) is 10.0 Å². The first-order valence-electron chi connectivity index (χ1n) is 9.58. The molecule has 4 rings (SSSR count). The second-order valence-corrected chi connectivity index (χ2v) is 9.23. The van der Waals surface area contributed by atoms with Crippen LogP contribution < -0.4 is 4.31 Å². The van der Waals surface area contributed by atoms with E-state index in [9.17, 15) is 23.1 Å². The van der Waals surface area contributed by atoms with Gasteiger partial charge in [0.2, 0.25) is 0 Å². The Bertz CT molecular complexity index is 1120. The maximum atomic E-state index is 13.7. The van der Waals surface area contributed by atoms with Crippen LogP contribution in [0.15, 0.2) is 59.5 Å². The largest absolute Gasteiger partial charge is 0.467 e. The molecule has 0 aliphatic carbocycles. The summed E-state index contributed by atoms with van der Waals surface area (Å²) in [6.45, 7) is -0.747. The van der Waals surface area contributed by atoms with Crippen molar-refractivity contribution in [2.75, 3.05) is 25.1 Å². The second-order valence-electron chi connectivity index (χ2n) is 7.42. The quantitative estimate of drug-likeness (QED) is 0.711. The van der Waals surface area contributed by atoms with Crippen LogP contribution in [0.2, 0.25) is 0 Å². The van der Waals surface area contributed by atoms with Gasteiger partial charge in [-0.25, -0.2) is 22.3 Å². The molecule has 0 unspecified atom stereocenters. The van der Waals surface area contributed by atoms with Gasteiger partial charge in [-0.05, 0) is 30.2 Å². The van der Waals surface area contributed by atoms with Crippen LogP contribution in [0.5, 0.6) is 0 Å². The summed E-state index contributed by atoms with van der Waals surface area (Å²) in [6.07, 6.45) is -2.07. The van der Waals surface area contributed by atoms with E-state index < -0.39 is 46.3 Å². The van der Waals surface area contributed by atoms with Crippen LogP contribution in [-0.4, -0.2) is 63.0 Å². The molecule has 0 radical (unpaired) electrons. The Labute approximate surface area is 179 Å². The number of aliphatic hydroxyl groups excluding tert-OH is 1. The normalized spacial score (nSPS) is 24.5. The number of aliphatic hydroxyl groups is 1. The number of hydrogen-bond acceptors (Lipinski definition) is 7. The number of amides is 1. The molecule has 2 heterocycles. The van der Waals surface area contributed by atoms with Crippen LogP contribution in [0.1, 0.15) is 17.9 Å². The summed E-state index contributed by atoms with van der Waals surface area (Å²) in [4.78, 5) is 26.7. The minimum Gasteiger partial charge on any atom is -0.467 e. The maximum Gasteiger partial charge on any atom is 0.412 e. The van der Waals surface area contributed by atoms with Crippen molar-refractivity contribution in [1.29, 1.82) is 0 Å². The summed E-state index contributed by atoms with van der Waals surface area (Å²) >= 11 is 0. The van der Waals surface area contributed by atoms with Crippen molar-refractivity contribution in [3.63, 3.8) is 0 Å². The van der Waals surface area contributed by atoms with Crippen molar-refractivity contribution < 1.29 is 32.6 Å². The summed E-state index contributed by atoms with van der Waals surface area (Å²) < 4.78 is 38.3. The Hall–Kier alpha value is -3.11. The first-order valence-corrected chi connectivity index (χ1v) is 11.0. The molecule has 0 saturated carbocycles. The van der Waals surface area contributed by atoms with Crippen LogP contribution in [0.25, 0.3) is 0 Å². The monoisotopic (exact) mass is 446 g/mol. The number of nitrogens with zero attached hydrogens (tertiary/aromatic N) is 2. The van der Waals surface area contributed by atoms with Gasteiger partial charge in [0.15, 0.2) is 5.54 Å². The molecule has 0 spiro atoms. The van der Waals surface area contributed by atoms with Crippen LogP contribution in [0.3, 0.4) is 0 Å². The van der Waals surface area contributed by atoms with E-state index in [2.05, 4.69) is 0 Å². The first-order chi connectivity index (χ1) is 14.8. The van der Waals surface area contributed by atoms with E-state index in [1.807, 2.05) is 0 Å². The number of para-hydroxylation sites is 1. The number of anilines is 1. The lowest BCUT2D eigenvalue weighted by molar-refractivity contribution is -0.155. The number of likely N-dealkylation sites (tertiary alicyclic amines) is 1. The lowest BCUT2D eigenvalue weighted by Gasteiger charge is -2.39. The summed E-state index contributed by atoms with van der Waals surface area (Å²) in [5.41, 5.74) is -0.721. The zero-order valence-electron chi connectivity index (χ0n) is 17.0. The van der Waals surface area contributed by atoms with Gasteiger partial charge in [-0.15, -0.1) is 0 Å². The van der Waals surface area contributed by atoms with Crippen LogP contribution in [0, 0.1) is 0 Å². The molecule has 1 saturated heterocycles. The molecule has 1 amide bonds. The number of ether oxygens (including phenoxy) is 2. The minimum atomic E-state index is -4.12.